The SMILES string of the molecule is COc1cccc2c1C1CCC2C1(C)C. The highest BCUT2D eigenvalue weighted by Gasteiger charge is 2.52. The third-order valence-corrected chi connectivity index (χ3v) is 4.58. The topological polar surface area (TPSA) is 9.23 Å². The van der Waals surface area contributed by atoms with Crippen LogP contribution >= 0.6 is 0 Å². The Morgan fingerprint density at radius 1 is 1.20 bits per heavy atom. The first kappa shape index (κ1) is 9.26. The molecule has 1 nitrogen and oxygen atoms in total. The molecule has 0 radical (unpaired) electrons. The van der Waals surface area contributed by atoms with Crippen molar-refractivity contribution in [1.82, 2.24) is 0 Å². The molecular formula is C14H18O. The molecule has 0 heterocycles. The van der Waals surface area contributed by atoms with Crippen molar-refractivity contribution in [3.8, 4) is 5.75 Å². The molecule has 15 heavy (non-hydrogen) atoms. The average molecular weight is 202 g/mol. The molecule has 1 saturated carbocycles. The Hall–Kier alpha value is -0.980. The number of hydrogen-bond acceptors (Lipinski definition) is 1. The number of rotatable bonds is 1. The van der Waals surface area contributed by atoms with Gasteiger partial charge in [-0.15, -0.1) is 0 Å². The van der Waals surface area contributed by atoms with Gasteiger partial charge in [0.2, 0.25) is 0 Å². The van der Waals surface area contributed by atoms with Gasteiger partial charge in [-0.1, -0.05) is 26.0 Å². The fraction of sp³-hybridized carbons (Fsp3) is 0.571. The lowest BCUT2D eigenvalue weighted by Gasteiger charge is -2.24. The predicted octanol–water partition coefficient (Wildman–Crippen LogP) is 3.70. The fourth-order valence-electron chi connectivity index (χ4n) is 3.81. The van der Waals surface area contributed by atoms with E-state index < -0.39 is 0 Å². The van der Waals surface area contributed by atoms with Crippen molar-refractivity contribution in [3.05, 3.63) is 29.3 Å². The van der Waals surface area contributed by atoms with Crippen LogP contribution in [0.15, 0.2) is 18.2 Å². The Kier molecular flexibility index (Phi) is 1.72. The molecule has 1 aromatic rings. The van der Waals surface area contributed by atoms with E-state index in [1.165, 1.54) is 18.4 Å². The molecule has 0 amide bonds. The Morgan fingerprint density at radius 3 is 2.67 bits per heavy atom. The van der Waals surface area contributed by atoms with Gasteiger partial charge in [-0.05, 0) is 41.7 Å². The second kappa shape index (κ2) is 2.78. The first-order valence-electron chi connectivity index (χ1n) is 5.83. The number of hydrogen-bond donors (Lipinski definition) is 0. The van der Waals surface area contributed by atoms with Gasteiger partial charge in [0.25, 0.3) is 0 Å². The van der Waals surface area contributed by atoms with Crippen molar-refractivity contribution >= 4 is 0 Å². The Balaban J connectivity index is 2.22. The minimum Gasteiger partial charge on any atom is -0.496 e. The zero-order valence-electron chi connectivity index (χ0n) is 9.71. The monoisotopic (exact) mass is 202 g/mol. The number of methoxy groups -OCH3 is 1. The Labute approximate surface area is 91.5 Å². The van der Waals surface area contributed by atoms with E-state index >= 15 is 0 Å². The lowest BCUT2D eigenvalue weighted by atomic mass is 9.80. The van der Waals surface area contributed by atoms with Gasteiger partial charge in [0.05, 0.1) is 7.11 Å². The molecule has 0 aromatic heterocycles. The largest absolute Gasteiger partial charge is 0.496 e. The van der Waals surface area contributed by atoms with E-state index in [9.17, 15) is 0 Å². The van der Waals surface area contributed by atoms with Crippen LogP contribution in [-0.4, -0.2) is 7.11 Å². The molecule has 1 aromatic carbocycles. The van der Waals surface area contributed by atoms with Gasteiger partial charge in [0, 0.05) is 5.56 Å². The minimum absolute atomic E-state index is 0.441. The number of fused-ring (bicyclic) bond motifs is 5. The summed E-state index contributed by atoms with van der Waals surface area (Å²) in [4.78, 5) is 0. The normalized spacial score (nSPS) is 30.3. The molecule has 1 heteroatoms. The van der Waals surface area contributed by atoms with Crippen LogP contribution in [0.4, 0.5) is 0 Å². The first-order chi connectivity index (χ1) is 7.16. The van der Waals surface area contributed by atoms with Crippen LogP contribution in [0.3, 0.4) is 0 Å². The van der Waals surface area contributed by atoms with E-state index in [2.05, 4.69) is 32.0 Å². The molecule has 1 fully saturated rings. The van der Waals surface area contributed by atoms with Crippen LogP contribution in [0.5, 0.6) is 5.75 Å². The zero-order chi connectivity index (χ0) is 10.6. The molecule has 2 aliphatic carbocycles. The third-order valence-electron chi connectivity index (χ3n) is 4.58. The van der Waals surface area contributed by atoms with Crippen LogP contribution in [0.2, 0.25) is 0 Å². The predicted molar refractivity (Wildman–Crippen MR) is 61.5 cm³/mol. The molecule has 2 atom stereocenters. The lowest BCUT2D eigenvalue weighted by Crippen LogP contribution is -2.14. The molecule has 0 N–H and O–H groups in total. The van der Waals surface area contributed by atoms with Gasteiger partial charge >= 0.3 is 0 Å². The van der Waals surface area contributed by atoms with Gasteiger partial charge in [0.1, 0.15) is 5.75 Å². The molecule has 2 unspecified atom stereocenters. The quantitative estimate of drug-likeness (QED) is 0.674. The zero-order valence-corrected chi connectivity index (χ0v) is 9.71. The molecular weight excluding hydrogens is 184 g/mol. The molecule has 0 spiro atoms. The van der Waals surface area contributed by atoms with E-state index in [4.69, 9.17) is 4.74 Å². The van der Waals surface area contributed by atoms with Crippen LogP contribution in [0, 0.1) is 5.41 Å². The van der Waals surface area contributed by atoms with Crippen molar-refractivity contribution in [2.45, 2.75) is 38.5 Å². The van der Waals surface area contributed by atoms with Crippen LogP contribution in [-0.2, 0) is 0 Å². The van der Waals surface area contributed by atoms with E-state index in [1.54, 1.807) is 12.7 Å². The van der Waals surface area contributed by atoms with Crippen LogP contribution in [0.25, 0.3) is 0 Å². The second-order valence-electron chi connectivity index (χ2n) is 5.47. The Bertz CT molecular complexity index is 406. The van der Waals surface area contributed by atoms with Crippen molar-refractivity contribution in [2.24, 2.45) is 5.41 Å². The number of ether oxygens (including phenoxy) is 1. The maximum Gasteiger partial charge on any atom is 0.122 e. The average Bonchev–Trinajstić information content (AvgIpc) is 2.65. The van der Waals surface area contributed by atoms with Gasteiger partial charge in [-0.3, -0.25) is 0 Å². The molecule has 3 rings (SSSR count). The van der Waals surface area contributed by atoms with E-state index in [0.29, 0.717) is 11.3 Å². The second-order valence-corrected chi connectivity index (χ2v) is 5.47. The molecule has 0 aliphatic heterocycles. The highest BCUT2D eigenvalue weighted by atomic mass is 16.5. The summed E-state index contributed by atoms with van der Waals surface area (Å²) < 4.78 is 5.50. The highest BCUT2D eigenvalue weighted by molar-refractivity contribution is 5.52. The van der Waals surface area contributed by atoms with Gasteiger partial charge in [-0.25, -0.2) is 0 Å². The summed E-state index contributed by atoms with van der Waals surface area (Å²) in [6, 6.07) is 6.54. The minimum atomic E-state index is 0.441. The summed E-state index contributed by atoms with van der Waals surface area (Å²) in [5.74, 6) is 2.58. The standard InChI is InChI=1S/C14H18O/c1-14(2)10-7-8-11(14)13-9(10)5-4-6-12(13)15-3/h4-6,10-11H,7-8H2,1-3H3. The fourth-order valence-corrected chi connectivity index (χ4v) is 3.81. The first-order valence-corrected chi connectivity index (χ1v) is 5.83. The molecule has 2 bridgehead atoms. The summed E-state index contributed by atoms with van der Waals surface area (Å²) in [6.45, 7) is 4.82. The molecule has 0 saturated heterocycles. The smallest absolute Gasteiger partial charge is 0.122 e. The van der Waals surface area contributed by atoms with Gasteiger partial charge in [-0.2, -0.15) is 0 Å². The molecule has 2 aliphatic rings. The van der Waals surface area contributed by atoms with Crippen molar-refractivity contribution in [2.75, 3.05) is 7.11 Å². The van der Waals surface area contributed by atoms with Crippen molar-refractivity contribution in [3.63, 3.8) is 0 Å². The van der Waals surface area contributed by atoms with Gasteiger partial charge < -0.3 is 4.74 Å². The Morgan fingerprint density at radius 2 is 1.93 bits per heavy atom. The highest BCUT2D eigenvalue weighted by Crippen LogP contribution is 2.65. The van der Waals surface area contributed by atoms with Crippen LogP contribution in [0.1, 0.15) is 49.7 Å². The summed E-state index contributed by atoms with van der Waals surface area (Å²) in [6.07, 6.45) is 2.70. The van der Waals surface area contributed by atoms with E-state index in [0.717, 1.165) is 11.7 Å². The van der Waals surface area contributed by atoms with Crippen LogP contribution < -0.4 is 4.74 Å². The van der Waals surface area contributed by atoms with Crippen molar-refractivity contribution < 1.29 is 4.74 Å². The number of benzene rings is 1. The maximum absolute atomic E-state index is 5.50. The van der Waals surface area contributed by atoms with Gasteiger partial charge in [0.15, 0.2) is 0 Å². The summed E-state index contributed by atoms with van der Waals surface area (Å²) >= 11 is 0. The maximum atomic E-state index is 5.50. The van der Waals surface area contributed by atoms with E-state index in [-0.39, 0.29) is 0 Å². The van der Waals surface area contributed by atoms with E-state index in [1.807, 2.05) is 0 Å². The summed E-state index contributed by atoms with van der Waals surface area (Å²) in [5, 5.41) is 0. The third kappa shape index (κ3) is 0.987. The lowest BCUT2D eigenvalue weighted by molar-refractivity contribution is 0.320. The summed E-state index contributed by atoms with van der Waals surface area (Å²) in [5.41, 5.74) is 3.49. The summed E-state index contributed by atoms with van der Waals surface area (Å²) in [7, 11) is 1.79. The van der Waals surface area contributed by atoms with Crippen molar-refractivity contribution in [1.29, 1.82) is 0 Å². The molecule has 80 valence electrons.